The van der Waals surface area contributed by atoms with E-state index in [4.69, 9.17) is 23.2 Å². The predicted molar refractivity (Wildman–Crippen MR) is 52.4 cm³/mol. The molecular weight excluding hydrogens is 200 g/mol. The molecule has 0 N–H and O–H groups in total. The van der Waals surface area contributed by atoms with Crippen molar-refractivity contribution in [3.8, 4) is 0 Å². The third-order valence-corrected chi connectivity index (χ3v) is 1.51. The Hall–Kier alpha value is -0.340. The Morgan fingerprint density at radius 3 is 2.58 bits per heavy atom. The highest BCUT2D eigenvalue weighted by molar-refractivity contribution is 6.31. The number of rotatable bonds is 4. The van der Waals surface area contributed by atoms with Crippen LogP contribution in [0.5, 0.6) is 0 Å². The third-order valence-electron chi connectivity index (χ3n) is 1.05. The van der Waals surface area contributed by atoms with E-state index in [9.17, 15) is 4.39 Å². The molecule has 0 aromatic rings. The van der Waals surface area contributed by atoms with Gasteiger partial charge in [-0.2, -0.15) is 0 Å². The average Bonchev–Trinajstić information content (AvgIpc) is 2.00. The largest absolute Gasteiger partial charge is 0.242 e. The van der Waals surface area contributed by atoms with E-state index in [-0.39, 0.29) is 10.2 Å². The molecule has 0 aromatic carbocycles. The van der Waals surface area contributed by atoms with Crippen molar-refractivity contribution in [3.05, 3.63) is 22.6 Å². The van der Waals surface area contributed by atoms with Crippen LogP contribution in [0.2, 0.25) is 0 Å². The molecule has 4 heteroatoms. The van der Waals surface area contributed by atoms with E-state index in [0.29, 0.717) is 6.42 Å². The van der Waals surface area contributed by atoms with Gasteiger partial charge < -0.3 is 0 Å². The molecule has 0 fully saturated rings. The van der Waals surface area contributed by atoms with Gasteiger partial charge in [0.15, 0.2) is 5.83 Å². The van der Waals surface area contributed by atoms with Crippen LogP contribution in [0.1, 0.15) is 19.8 Å². The van der Waals surface area contributed by atoms with Gasteiger partial charge >= 0.3 is 0 Å². The van der Waals surface area contributed by atoms with E-state index in [1.165, 1.54) is 0 Å². The van der Waals surface area contributed by atoms with Gasteiger partial charge in [-0.05, 0) is 6.42 Å². The van der Waals surface area contributed by atoms with E-state index in [1.54, 1.807) is 0 Å². The van der Waals surface area contributed by atoms with Crippen molar-refractivity contribution in [2.45, 2.75) is 19.8 Å². The summed E-state index contributed by atoms with van der Waals surface area (Å²) < 4.78 is 12.8. The van der Waals surface area contributed by atoms with Gasteiger partial charge in [0.25, 0.3) is 0 Å². The molecule has 0 atom stereocenters. The van der Waals surface area contributed by atoms with Crippen LogP contribution in [0.3, 0.4) is 0 Å². The summed E-state index contributed by atoms with van der Waals surface area (Å²) in [5.41, 5.74) is 0. The molecule has 0 amide bonds. The van der Waals surface area contributed by atoms with Crippen LogP contribution in [0.15, 0.2) is 27.6 Å². The minimum atomic E-state index is -0.555. The molecule has 12 heavy (non-hydrogen) atoms. The van der Waals surface area contributed by atoms with Crippen LogP contribution in [0.4, 0.5) is 4.39 Å². The zero-order valence-corrected chi connectivity index (χ0v) is 8.29. The molecular formula is C8H10Cl2FN. The predicted octanol–water partition coefficient (Wildman–Crippen LogP) is 3.99. The molecule has 0 radical (unpaired) electrons. The third kappa shape index (κ3) is 5.33. The summed E-state index contributed by atoms with van der Waals surface area (Å²) in [5, 5.41) is 0.199. The lowest BCUT2D eigenvalue weighted by Gasteiger charge is -1.94. The zero-order valence-electron chi connectivity index (χ0n) is 6.78. The molecule has 0 aliphatic rings. The van der Waals surface area contributed by atoms with Gasteiger partial charge in [0, 0.05) is 0 Å². The van der Waals surface area contributed by atoms with Gasteiger partial charge in [-0.15, -0.1) is 0 Å². The van der Waals surface area contributed by atoms with Crippen LogP contribution < -0.4 is 0 Å². The summed E-state index contributed by atoms with van der Waals surface area (Å²) in [6.45, 7) is 5.18. The molecule has 0 bridgehead atoms. The van der Waals surface area contributed by atoms with E-state index in [2.05, 4.69) is 11.6 Å². The van der Waals surface area contributed by atoms with Crippen LogP contribution >= 0.6 is 23.2 Å². The number of halogens is 3. The minimum Gasteiger partial charge on any atom is -0.242 e. The van der Waals surface area contributed by atoms with Gasteiger partial charge in [0.1, 0.15) is 5.16 Å². The van der Waals surface area contributed by atoms with E-state index >= 15 is 0 Å². The lowest BCUT2D eigenvalue weighted by Crippen LogP contribution is -1.81. The van der Waals surface area contributed by atoms with E-state index in [1.807, 2.05) is 6.92 Å². The smallest absolute Gasteiger partial charge is 0.155 e. The van der Waals surface area contributed by atoms with Crippen LogP contribution in [0.25, 0.3) is 0 Å². The summed E-state index contributed by atoms with van der Waals surface area (Å²) in [6, 6.07) is 0. The minimum absolute atomic E-state index is 0.0334. The standard InChI is InChI=1S/C8H10Cl2FN/c1-3-4-7(10)8(11)5-12-6(2)9/h5H,2-4H2,1H3/b8-7-,12-5-. The van der Waals surface area contributed by atoms with Gasteiger partial charge in [0.2, 0.25) is 0 Å². The van der Waals surface area contributed by atoms with Crippen LogP contribution in [-0.2, 0) is 0 Å². The molecule has 0 rings (SSSR count). The summed E-state index contributed by atoms with van der Waals surface area (Å²) in [5.74, 6) is -0.555. The molecule has 0 unspecified atom stereocenters. The Kier molecular flexibility index (Phi) is 6.03. The molecule has 0 heterocycles. The fourth-order valence-corrected chi connectivity index (χ4v) is 0.822. The number of hydrogen-bond acceptors (Lipinski definition) is 1. The normalized spacial score (nSPS) is 13.3. The second-order valence-corrected chi connectivity index (χ2v) is 3.03. The summed E-state index contributed by atoms with van der Waals surface area (Å²) in [4.78, 5) is 3.46. The van der Waals surface area contributed by atoms with Crippen molar-refractivity contribution >= 4 is 29.4 Å². The van der Waals surface area contributed by atoms with E-state index < -0.39 is 5.83 Å². The lowest BCUT2D eigenvalue weighted by molar-refractivity contribution is 0.672. The maximum absolute atomic E-state index is 12.8. The quantitative estimate of drug-likeness (QED) is 0.491. The highest BCUT2D eigenvalue weighted by atomic mass is 35.5. The van der Waals surface area contributed by atoms with Gasteiger partial charge in [-0.25, -0.2) is 9.38 Å². The van der Waals surface area contributed by atoms with Crippen LogP contribution in [0, 0.1) is 0 Å². The lowest BCUT2D eigenvalue weighted by atomic mass is 10.3. The number of aliphatic imine (C=N–C) groups is 1. The number of nitrogens with zero attached hydrogens (tertiary/aromatic N) is 1. The van der Waals surface area contributed by atoms with Gasteiger partial charge in [-0.1, -0.05) is 43.1 Å². The Morgan fingerprint density at radius 1 is 1.58 bits per heavy atom. The maximum atomic E-state index is 12.8. The first-order valence-electron chi connectivity index (χ1n) is 3.50. The monoisotopic (exact) mass is 209 g/mol. The number of allylic oxidation sites excluding steroid dienone is 2. The van der Waals surface area contributed by atoms with Crippen molar-refractivity contribution in [2.24, 2.45) is 4.99 Å². The molecule has 0 saturated carbocycles. The molecule has 68 valence electrons. The summed E-state index contributed by atoms with van der Waals surface area (Å²) in [7, 11) is 0. The Labute approximate surface area is 81.6 Å². The zero-order chi connectivity index (χ0) is 9.56. The van der Waals surface area contributed by atoms with Crippen molar-refractivity contribution in [1.82, 2.24) is 0 Å². The molecule has 0 aliphatic carbocycles. The Balaban J connectivity index is 4.25. The molecule has 0 aliphatic heterocycles. The van der Waals surface area contributed by atoms with Gasteiger partial charge in [-0.3, -0.25) is 0 Å². The first kappa shape index (κ1) is 11.7. The molecule has 1 nitrogen and oxygen atoms in total. The van der Waals surface area contributed by atoms with Crippen LogP contribution in [-0.4, -0.2) is 6.21 Å². The summed E-state index contributed by atoms with van der Waals surface area (Å²) in [6.07, 6.45) is 2.27. The Morgan fingerprint density at radius 2 is 2.17 bits per heavy atom. The fraction of sp³-hybridized carbons (Fsp3) is 0.375. The van der Waals surface area contributed by atoms with Crippen molar-refractivity contribution in [3.63, 3.8) is 0 Å². The molecule has 0 spiro atoms. The topological polar surface area (TPSA) is 12.4 Å². The van der Waals surface area contributed by atoms with Crippen molar-refractivity contribution in [2.75, 3.05) is 0 Å². The molecule has 0 saturated heterocycles. The second-order valence-electron chi connectivity index (χ2n) is 2.14. The molecule has 0 aromatic heterocycles. The van der Waals surface area contributed by atoms with Crippen molar-refractivity contribution in [1.29, 1.82) is 0 Å². The Bertz CT molecular complexity index is 221. The highest BCUT2D eigenvalue weighted by Gasteiger charge is 1.99. The van der Waals surface area contributed by atoms with Gasteiger partial charge in [0.05, 0.1) is 11.2 Å². The maximum Gasteiger partial charge on any atom is 0.155 e. The summed E-state index contributed by atoms with van der Waals surface area (Å²) >= 11 is 10.8. The number of hydrogen-bond donors (Lipinski definition) is 0. The fourth-order valence-electron chi connectivity index (χ4n) is 0.536. The first-order valence-corrected chi connectivity index (χ1v) is 4.26. The van der Waals surface area contributed by atoms with Crippen molar-refractivity contribution < 1.29 is 4.39 Å². The first-order chi connectivity index (χ1) is 5.57. The second kappa shape index (κ2) is 6.21. The highest BCUT2D eigenvalue weighted by Crippen LogP contribution is 2.15. The average molecular weight is 210 g/mol. The van der Waals surface area contributed by atoms with E-state index in [0.717, 1.165) is 12.6 Å². The SMILES string of the molecule is C=C(Cl)/N=C\C(F)=C(\Cl)CCC.